The minimum Gasteiger partial charge on any atom is -0.352 e. The van der Waals surface area contributed by atoms with Crippen LogP contribution in [-0.2, 0) is 22.6 Å². The Labute approximate surface area is 179 Å². The highest BCUT2D eigenvalue weighted by atomic mass is 35.5. The fraction of sp³-hybridized carbons (Fsp3) is 0.417. The molecule has 0 aliphatic rings. The van der Waals surface area contributed by atoms with Crippen molar-refractivity contribution in [2.45, 2.75) is 66.1 Å². The molecule has 0 saturated heterocycles. The molecule has 0 fully saturated rings. The van der Waals surface area contributed by atoms with Gasteiger partial charge in [-0.2, -0.15) is 0 Å². The van der Waals surface area contributed by atoms with Gasteiger partial charge in [0.1, 0.15) is 6.04 Å². The van der Waals surface area contributed by atoms with Crippen LogP contribution in [0, 0.1) is 13.8 Å². The summed E-state index contributed by atoms with van der Waals surface area (Å²) in [6.07, 6.45) is 1.10. The van der Waals surface area contributed by atoms with Gasteiger partial charge in [0, 0.05) is 17.6 Å². The summed E-state index contributed by atoms with van der Waals surface area (Å²) in [5.41, 5.74) is 4.07. The van der Waals surface area contributed by atoms with Gasteiger partial charge < -0.3 is 10.2 Å². The van der Waals surface area contributed by atoms with Gasteiger partial charge in [-0.05, 0) is 62.9 Å². The molecular formula is C24H31ClN2O2. The molecule has 0 radical (unpaired) electrons. The average Bonchev–Trinajstić information content (AvgIpc) is 2.68. The van der Waals surface area contributed by atoms with E-state index in [0.717, 1.165) is 28.7 Å². The molecule has 0 aliphatic carbocycles. The Hall–Kier alpha value is -2.33. The minimum atomic E-state index is -0.583. The van der Waals surface area contributed by atoms with E-state index in [1.165, 1.54) is 0 Å². The van der Waals surface area contributed by atoms with E-state index in [9.17, 15) is 9.59 Å². The van der Waals surface area contributed by atoms with E-state index in [0.29, 0.717) is 11.6 Å². The third-order valence-corrected chi connectivity index (χ3v) is 5.49. The Morgan fingerprint density at radius 2 is 1.83 bits per heavy atom. The number of amides is 2. The normalized spacial score (nSPS) is 12.9. The highest BCUT2D eigenvalue weighted by molar-refractivity contribution is 6.30. The predicted molar refractivity (Wildman–Crippen MR) is 119 cm³/mol. The molecule has 2 atom stereocenters. The van der Waals surface area contributed by atoms with Crippen molar-refractivity contribution < 1.29 is 9.59 Å². The number of halogens is 1. The van der Waals surface area contributed by atoms with Crippen LogP contribution in [0.4, 0.5) is 0 Å². The third-order valence-electron chi connectivity index (χ3n) is 5.26. The highest BCUT2D eigenvalue weighted by Crippen LogP contribution is 2.18. The van der Waals surface area contributed by atoms with E-state index in [2.05, 4.69) is 5.32 Å². The van der Waals surface area contributed by atoms with Crippen molar-refractivity contribution in [3.8, 4) is 0 Å². The summed E-state index contributed by atoms with van der Waals surface area (Å²) in [6, 6.07) is 13.0. The number of nitrogens with zero attached hydrogens (tertiary/aromatic N) is 1. The standard InChI is InChI=1S/C24H31ClN2O2/c1-6-18(4)26-24(29)19(5)27(15-20-8-7-9-22(25)13-20)23(28)14-21-12-16(2)10-11-17(21)3/h7-13,18-19H,6,14-15H2,1-5H3,(H,26,29)/t18-,19+/m0/s1. The van der Waals surface area contributed by atoms with Gasteiger partial charge in [0.25, 0.3) is 0 Å². The van der Waals surface area contributed by atoms with Crippen LogP contribution in [0.5, 0.6) is 0 Å². The van der Waals surface area contributed by atoms with Crippen LogP contribution in [0.15, 0.2) is 42.5 Å². The number of nitrogens with one attached hydrogen (secondary N) is 1. The summed E-state index contributed by atoms with van der Waals surface area (Å²) in [7, 11) is 0. The fourth-order valence-corrected chi connectivity index (χ4v) is 3.35. The summed E-state index contributed by atoms with van der Waals surface area (Å²) in [5, 5.41) is 3.60. The average molecular weight is 415 g/mol. The first-order chi connectivity index (χ1) is 13.7. The monoisotopic (exact) mass is 414 g/mol. The van der Waals surface area contributed by atoms with Crippen LogP contribution in [0.1, 0.15) is 49.4 Å². The van der Waals surface area contributed by atoms with E-state index >= 15 is 0 Å². The SMILES string of the molecule is CC[C@H](C)NC(=O)[C@@H](C)N(Cc1cccc(Cl)c1)C(=O)Cc1cc(C)ccc1C. The Bertz CT molecular complexity index is 866. The van der Waals surface area contributed by atoms with Gasteiger partial charge >= 0.3 is 0 Å². The van der Waals surface area contributed by atoms with Crippen molar-refractivity contribution in [1.82, 2.24) is 10.2 Å². The fourth-order valence-electron chi connectivity index (χ4n) is 3.14. The van der Waals surface area contributed by atoms with Gasteiger partial charge in [-0.25, -0.2) is 0 Å². The maximum absolute atomic E-state index is 13.3. The maximum Gasteiger partial charge on any atom is 0.242 e. The van der Waals surface area contributed by atoms with Crippen molar-refractivity contribution >= 4 is 23.4 Å². The van der Waals surface area contributed by atoms with E-state index < -0.39 is 6.04 Å². The molecule has 2 rings (SSSR count). The number of rotatable bonds is 8. The molecule has 1 N–H and O–H groups in total. The quantitative estimate of drug-likeness (QED) is 0.672. The molecule has 0 spiro atoms. The van der Waals surface area contributed by atoms with Crippen LogP contribution in [0.25, 0.3) is 0 Å². The van der Waals surface area contributed by atoms with Crippen molar-refractivity contribution in [3.63, 3.8) is 0 Å². The number of carbonyl (C=O) groups is 2. The van der Waals surface area contributed by atoms with Gasteiger partial charge in [-0.1, -0.05) is 54.4 Å². The predicted octanol–water partition coefficient (Wildman–Crippen LogP) is 4.83. The lowest BCUT2D eigenvalue weighted by atomic mass is 10.0. The second-order valence-electron chi connectivity index (χ2n) is 7.75. The third kappa shape index (κ3) is 6.60. The Balaban J connectivity index is 2.28. The van der Waals surface area contributed by atoms with E-state index in [-0.39, 0.29) is 24.3 Å². The molecule has 2 aromatic rings. The van der Waals surface area contributed by atoms with Crippen molar-refractivity contribution in [3.05, 3.63) is 69.7 Å². The number of hydrogen-bond donors (Lipinski definition) is 1. The molecule has 2 aromatic carbocycles. The molecule has 4 nitrogen and oxygen atoms in total. The van der Waals surface area contributed by atoms with Gasteiger partial charge in [-0.3, -0.25) is 9.59 Å². The van der Waals surface area contributed by atoms with Gasteiger partial charge in [0.2, 0.25) is 11.8 Å². The number of hydrogen-bond acceptors (Lipinski definition) is 2. The lowest BCUT2D eigenvalue weighted by Crippen LogP contribution is -2.49. The molecule has 0 heterocycles. The van der Waals surface area contributed by atoms with E-state index in [1.807, 2.05) is 64.1 Å². The Morgan fingerprint density at radius 1 is 1.10 bits per heavy atom. The number of aryl methyl sites for hydroxylation is 2. The number of benzene rings is 2. The molecule has 0 unspecified atom stereocenters. The summed E-state index contributed by atoms with van der Waals surface area (Å²) >= 11 is 6.12. The van der Waals surface area contributed by atoms with Crippen molar-refractivity contribution in [2.24, 2.45) is 0 Å². The first-order valence-electron chi connectivity index (χ1n) is 10.1. The summed E-state index contributed by atoms with van der Waals surface area (Å²) in [5.74, 6) is -0.221. The van der Waals surface area contributed by atoms with Crippen LogP contribution in [-0.4, -0.2) is 28.8 Å². The summed E-state index contributed by atoms with van der Waals surface area (Å²) < 4.78 is 0. The molecule has 2 amide bonds. The topological polar surface area (TPSA) is 49.4 Å². The smallest absolute Gasteiger partial charge is 0.242 e. The zero-order valence-corrected chi connectivity index (χ0v) is 18.7. The Morgan fingerprint density at radius 3 is 2.48 bits per heavy atom. The zero-order valence-electron chi connectivity index (χ0n) is 18.0. The first-order valence-corrected chi connectivity index (χ1v) is 10.5. The van der Waals surface area contributed by atoms with Crippen molar-refractivity contribution in [2.75, 3.05) is 0 Å². The number of carbonyl (C=O) groups excluding carboxylic acids is 2. The molecule has 5 heteroatoms. The van der Waals surface area contributed by atoms with Crippen LogP contribution in [0.3, 0.4) is 0 Å². The minimum absolute atomic E-state index is 0.0621. The zero-order chi connectivity index (χ0) is 21.6. The van der Waals surface area contributed by atoms with Gasteiger partial charge in [0.05, 0.1) is 6.42 Å². The Kier molecular flexibility index (Phi) is 8.27. The maximum atomic E-state index is 13.3. The molecule has 0 bridgehead atoms. The first kappa shape index (κ1) is 23.0. The largest absolute Gasteiger partial charge is 0.352 e. The second-order valence-corrected chi connectivity index (χ2v) is 8.19. The van der Waals surface area contributed by atoms with Crippen LogP contribution in [0.2, 0.25) is 5.02 Å². The molecule has 0 aromatic heterocycles. The van der Waals surface area contributed by atoms with Gasteiger partial charge in [-0.15, -0.1) is 0 Å². The molecule has 29 heavy (non-hydrogen) atoms. The molecular weight excluding hydrogens is 384 g/mol. The second kappa shape index (κ2) is 10.4. The molecule has 156 valence electrons. The lowest BCUT2D eigenvalue weighted by molar-refractivity contribution is -0.140. The summed E-state index contributed by atoms with van der Waals surface area (Å²) in [6.45, 7) is 10.1. The molecule has 0 aliphatic heterocycles. The summed E-state index contributed by atoms with van der Waals surface area (Å²) in [4.78, 5) is 27.7. The van der Waals surface area contributed by atoms with Gasteiger partial charge in [0.15, 0.2) is 0 Å². The molecule has 0 saturated carbocycles. The lowest BCUT2D eigenvalue weighted by Gasteiger charge is -2.30. The van der Waals surface area contributed by atoms with E-state index in [1.54, 1.807) is 17.9 Å². The highest BCUT2D eigenvalue weighted by Gasteiger charge is 2.27. The van der Waals surface area contributed by atoms with Crippen molar-refractivity contribution in [1.29, 1.82) is 0 Å². The van der Waals surface area contributed by atoms with Crippen LogP contribution < -0.4 is 5.32 Å². The van der Waals surface area contributed by atoms with E-state index in [4.69, 9.17) is 11.6 Å². The van der Waals surface area contributed by atoms with Crippen LogP contribution >= 0.6 is 11.6 Å².